The molecule has 1 aromatic heterocycles. The molecule has 1 saturated heterocycles. The van der Waals surface area contributed by atoms with Crippen molar-refractivity contribution in [1.82, 2.24) is 14.5 Å². The second kappa shape index (κ2) is 7.27. The molecule has 4 rings (SSSR count). The number of piperidine rings is 1. The number of amides is 1. The van der Waals surface area contributed by atoms with E-state index in [0.29, 0.717) is 13.1 Å². The molecule has 1 fully saturated rings. The number of H-pyrrole nitrogens is 1. The highest BCUT2D eigenvalue weighted by Gasteiger charge is 2.26. The largest absolute Gasteiger partial charge is 0.339 e. The smallest absolute Gasteiger partial charge is 0.326 e. The molecule has 2 heterocycles. The van der Waals surface area contributed by atoms with Gasteiger partial charge in [0.25, 0.3) is 0 Å². The van der Waals surface area contributed by atoms with Crippen molar-refractivity contribution < 1.29 is 4.79 Å². The van der Waals surface area contributed by atoms with E-state index in [2.05, 4.69) is 4.98 Å². The average Bonchev–Trinajstić information content (AvgIpc) is 3.04. The quantitative estimate of drug-likeness (QED) is 0.725. The number of fused-ring (bicyclic) bond motifs is 1. The summed E-state index contributed by atoms with van der Waals surface area (Å²) in [5.41, 5.74) is 3.50. The Morgan fingerprint density at radius 2 is 1.70 bits per heavy atom. The van der Waals surface area contributed by atoms with Gasteiger partial charge in [0.15, 0.2) is 0 Å². The van der Waals surface area contributed by atoms with Crippen LogP contribution in [0.5, 0.6) is 0 Å². The first-order valence-corrected chi connectivity index (χ1v) is 9.35. The Labute approximate surface area is 157 Å². The molecular formula is C22H23N3O2. The number of nitrogens with zero attached hydrogens (tertiary/aromatic N) is 2. The normalized spacial score (nSPS) is 16.0. The third-order valence-electron chi connectivity index (χ3n) is 5.26. The molecule has 2 aromatic carbocycles. The zero-order chi connectivity index (χ0) is 18.8. The molecule has 0 saturated carbocycles. The molecule has 27 heavy (non-hydrogen) atoms. The van der Waals surface area contributed by atoms with Gasteiger partial charge in [-0.1, -0.05) is 42.5 Å². The number of carbonyl (C=O) groups is 1. The summed E-state index contributed by atoms with van der Waals surface area (Å²) in [5.74, 6) is 0.0728. The molecule has 0 spiro atoms. The highest BCUT2D eigenvalue weighted by atomic mass is 16.2. The third-order valence-corrected chi connectivity index (χ3v) is 5.26. The van der Waals surface area contributed by atoms with E-state index < -0.39 is 0 Å². The van der Waals surface area contributed by atoms with Crippen LogP contribution in [-0.2, 0) is 4.79 Å². The summed E-state index contributed by atoms with van der Waals surface area (Å²) in [6, 6.07) is 17.8. The van der Waals surface area contributed by atoms with E-state index in [1.807, 2.05) is 77.1 Å². The number of hydrogen-bond donors (Lipinski definition) is 1. The van der Waals surface area contributed by atoms with Crippen molar-refractivity contribution in [3.05, 3.63) is 76.2 Å². The zero-order valence-corrected chi connectivity index (χ0v) is 15.4. The molecule has 0 bridgehead atoms. The maximum absolute atomic E-state index is 12.8. The standard InChI is InChI=1S/C22H23N3O2/c1-16(15-17-7-3-2-4-8-17)21(26)24-13-11-18(12-14-24)25-20-10-6-5-9-19(20)23-22(25)27/h2-10,15,18H,11-14H2,1H3,(H,23,27)/b16-15+. The molecule has 5 heteroatoms. The highest BCUT2D eigenvalue weighted by molar-refractivity contribution is 5.97. The number of benzene rings is 2. The van der Waals surface area contributed by atoms with Gasteiger partial charge in [-0.3, -0.25) is 9.36 Å². The number of aromatic amines is 1. The average molecular weight is 361 g/mol. The monoisotopic (exact) mass is 361 g/mol. The van der Waals surface area contributed by atoms with E-state index in [-0.39, 0.29) is 17.6 Å². The van der Waals surface area contributed by atoms with Crippen molar-refractivity contribution in [3.63, 3.8) is 0 Å². The van der Waals surface area contributed by atoms with Crippen molar-refractivity contribution in [3.8, 4) is 0 Å². The fourth-order valence-electron chi connectivity index (χ4n) is 3.87. The maximum Gasteiger partial charge on any atom is 0.326 e. The molecule has 1 aliphatic rings. The summed E-state index contributed by atoms with van der Waals surface area (Å²) in [6.07, 6.45) is 3.50. The summed E-state index contributed by atoms with van der Waals surface area (Å²) < 4.78 is 1.85. The number of carbonyl (C=O) groups excluding carboxylic acids is 1. The zero-order valence-electron chi connectivity index (χ0n) is 15.4. The molecule has 1 aliphatic heterocycles. The minimum Gasteiger partial charge on any atom is -0.339 e. The van der Waals surface area contributed by atoms with Crippen molar-refractivity contribution in [2.75, 3.05) is 13.1 Å². The first-order valence-electron chi connectivity index (χ1n) is 9.35. The van der Waals surface area contributed by atoms with Crippen LogP contribution in [0.2, 0.25) is 0 Å². The lowest BCUT2D eigenvalue weighted by molar-refractivity contribution is -0.128. The van der Waals surface area contributed by atoms with Crippen LogP contribution in [0, 0.1) is 0 Å². The van der Waals surface area contributed by atoms with Gasteiger partial charge >= 0.3 is 5.69 Å². The minimum atomic E-state index is -0.0684. The Morgan fingerprint density at radius 3 is 2.44 bits per heavy atom. The van der Waals surface area contributed by atoms with Gasteiger partial charge in [-0.05, 0) is 43.5 Å². The van der Waals surface area contributed by atoms with Gasteiger partial charge in [-0.15, -0.1) is 0 Å². The maximum atomic E-state index is 12.8. The van der Waals surface area contributed by atoms with E-state index in [1.165, 1.54) is 0 Å². The number of para-hydroxylation sites is 2. The van der Waals surface area contributed by atoms with Crippen molar-refractivity contribution in [2.45, 2.75) is 25.8 Å². The van der Waals surface area contributed by atoms with Gasteiger partial charge in [-0.2, -0.15) is 0 Å². The van der Waals surface area contributed by atoms with E-state index in [9.17, 15) is 9.59 Å². The van der Waals surface area contributed by atoms with Crippen LogP contribution in [0.15, 0.2) is 65.0 Å². The van der Waals surface area contributed by atoms with E-state index in [4.69, 9.17) is 0 Å². The molecule has 1 amide bonds. The van der Waals surface area contributed by atoms with Gasteiger partial charge in [-0.25, -0.2) is 4.79 Å². The minimum absolute atomic E-state index is 0.0684. The second-order valence-electron chi connectivity index (χ2n) is 7.08. The summed E-state index contributed by atoms with van der Waals surface area (Å²) >= 11 is 0. The highest BCUT2D eigenvalue weighted by Crippen LogP contribution is 2.25. The Hall–Kier alpha value is -3.08. The van der Waals surface area contributed by atoms with Crippen LogP contribution in [0.25, 0.3) is 17.1 Å². The lowest BCUT2D eigenvalue weighted by Crippen LogP contribution is -2.40. The fraction of sp³-hybridized carbons (Fsp3) is 0.273. The Balaban J connectivity index is 1.47. The number of hydrogen-bond acceptors (Lipinski definition) is 2. The van der Waals surface area contributed by atoms with Crippen LogP contribution in [0.3, 0.4) is 0 Å². The van der Waals surface area contributed by atoms with Crippen LogP contribution in [0.4, 0.5) is 0 Å². The van der Waals surface area contributed by atoms with Crippen molar-refractivity contribution in [1.29, 1.82) is 0 Å². The molecule has 0 aliphatic carbocycles. The number of aromatic nitrogens is 2. The predicted octanol–water partition coefficient (Wildman–Crippen LogP) is 3.60. The first-order chi connectivity index (χ1) is 13.1. The van der Waals surface area contributed by atoms with Crippen molar-refractivity contribution in [2.24, 2.45) is 0 Å². The Morgan fingerprint density at radius 1 is 1.04 bits per heavy atom. The Kier molecular flexibility index (Phi) is 4.67. The number of nitrogens with one attached hydrogen (secondary N) is 1. The van der Waals surface area contributed by atoms with Crippen LogP contribution in [0.1, 0.15) is 31.4 Å². The topological polar surface area (TPSA) is 58.1 Å². The molecule has 138 valence electrons. The lowest BCUT2D eigenvalue weighted by atomic mass is 10.0. The fourth-order valence-corrected chi connectivity index (χ4v) is 3.87. The van der Waals surface area contributed by atoms with E-state index in [0.717, 1.165) is 35.0 Å². The van der Waals surface area contributed by atoms with Crippen LogP contribution in [-0.4, -0.2) is 33.4 Å². The third kappa shape index (κ3) is 3.45. The summed E-state index contributed by atoms with van der Waals surface area (Å²) in [5, 5.41) is 0. The van der Waals surface area contributed by atoms with E-state index >= 15 is 0 Å². The first kappa shape index (κ1) is 17.3. The number of likely N-dealkylation sites (tertiary alicyclic amines) is 1. The molecule has 0 unspecified atom stereocenters. The number of imidazole rings is 1. The van der Waals surface area contributed by atoms with Gasteiger partial charge in [0.2, 0.25) is 5.91 Å². The van der Waals surface area contributed by atoms with Crippen LogP contribution >= 0.6 is 0 Å². The molecule has 0 atom stereocenters. The van der Waals surface area contributed by atoms with Gasteiger partial charge in [0.1, 0.15) is 0 Å². The second-order valence-corrected chi connectivity index (χ2v) is 7.08. The molecule has 1 N–H and O–H groups in total. The van der Waals surface area contributed by atoms with Crippen LogP contribution < -0.4 is 5.69 Å². The summed E-state index contributed by atoms with van der Waals surface area (Å²) in [4.78, 5) is 30.0. The van der Waals surface area contributed by atoms with E-state index in [1.54, 1.807) is 0 Å². The molecule has 0 radical (unpaired) electrons. The SMILES string of the molecule is C/C(=C\c1ccccc1)C(=O)N1CCC(n2c(=O)[nH]c3ccccc32)CC1. The van der Waals surface area contributed by atoms with Gasteiger partial charge < -0.3 is 9.88 Å². The van der Waals surface area contributed by atoms with Gasteiger partial charge in [0.05, 0.1) is 11.0 Å². The summed E-state index contributed by atoms with van der Waals surface area (Å²) in [7, 11) is 0. The predicted molar refractivity (Wildman–Crippen MR) is 108 cm³/mol. The lowest BCUT2D eigenvalue weighted by Gasteiger charge is -2.32. The number of rotatable bonds is 3. The molecule has 3 aromatic rings. The molecular weight excluding hydrogens is 338 g/mol. The van der Waals surface area contributed by atoms with Gasteiger partial charge in [0, 0.05) is 24.7 Å². The van der Waals surface area contributed by atoms with Crippen molar-refractivity contribution >= 4 is 23.0 Å². The Bertz CT molecular complexity index is 1040. The molecule has 5 nitrogen and oxygen atoms in total. The summed E-state index contributed by atoms with van der Waals surface area (Å²) in [6.45, 7) is 3.19.